The molecule has 2 aromatic carbocycles. The largest absolute Gasteiger partial charge is 0.324 e. The predicted octanol–water partition coefficient (Wildman–Crippen LogP) is 4.80. The van der Waals surface area contributed by atoms with Gasteiger partial charge >= 0.3 is 0 Å². The van der Waals surface area contributed by atoms with Crippen LogP contribution in [0, 0.1) is 6.92 Å². The second kappa shape index (κ2) is 6.92. The van der Waals surface area contributed by atoms with Crippen molar-refractivity contribution in [2.75, 3.05) is 10.6 Å². The summed E-state index contributed by atoms with van der Waals surface area (Å²) in [7, 11) is 0. The predicted molar refractivity (Wildman–Crippen MR) is 104 cm³/mol. The van der Waals surface area contributed by atoms with Crippen LogP contribution in [0.25, 0.3) is 0 Å². The molecule has 2 N–H and O–H groups in total. The number of aryl methyl sites for hydroxylation is 1. The Morgan fingerprint density at radius 3 is 2.72 bits per heavy atom. The first-order chi connectivity index (χ1) is 11.9. The van der Waals surface area contributed by atoms with Crippen LogP contribution in [0.3, 0.4) is 0 Å². The van der Waals surface area contributed by atoms with Gasteiger partial charge in [-0.1, -0.05) is 32.0 Å². The molecule has 1 unspecified atom stereocenters. The number of hydrogen-bond donors (Lipinski definition) is 2. The minimum Gasteiger partial charge on any atom is -0.324 e. The Labute approximate surface area is 152 Å². The van der Waals surface area contributed by atoms with Gasteiger partial charge in [-0.25, -0.2) is 0 Å². The molecule has 1 aliphatic rings. The molecule has 4 nitrogen and oxygen atoms in total. The van der Waals surface area contributed by atoms with Crippen molar-refractivity contribution in [3.63, 3.8) is 0 Å². The zero-order valence-corrected chi connectivity index (χ0v) is 15.7. The van der Waals surface area contributed by atoms with Crippen LogP contribution in [0.5, 0.6) is 0 Å². The summed E-state index contributed by atoms with van der Waals surface area (Å²) in [6.45, 7) is 8.08. The average molecular weight is 354 g/mol. The third-order valence-corrected chi connectivity index (χ3v) is 5.52. The highest BCUT2D eigenvalue weighted by molar-refractivity contribution is 8.00. The highest BCUT2D eigenvalue weighted by atomic mass is 32.2. The number of para-hydroxylation sites is 1. The molecule has 0 aromatic heterocycles. The fraction of sp³-hybridized carbons (Fsp3) is 0.300. The number of rotatable bonds is 3. The van der Waals surface area contributed by atoms with Gasteiger partial charge in [-0.3, -0.25) is 9.59 Å². The first-order valence-electron chi connectivity index (χ1n) is 8.39. The molecule has 0 saturated carbocycles. The summed E-state index contributed by atoms with van der Waals surface area (Å²) in [4.78, 5) is 25.6. The lowest BCUT2D eigenvalue weighted by Gasteiger charge is -2.22. The molecule has 0 spiro atoms. The van der Waals surface area contributed by atoms with Gasteiger partial charge in [-0.05, 0) is 49.1 Å². The van der Waals surface area contributed by atoms with E-state index >= 15 is 0 Å². The van der Waals surface area contributed by atoms with Crippen LogP contribution in [-0.4, -0.2) is 17.1 Å². The SMILES string of the molecule is Cc1cccc(C(C)C)c1NC(=O)c1ccc2c(c1)NC(=O)C(C)S2. The lowest BCUT2D eigenvalue weighted by Crippen LogP contribution is -2.26. The normalized spacial score (nSPS) is 16.4. The van der Waals surface area contributed by atoms with Crippen LogP contribution in [-0.2, 0) is 4.79 Å². The number of amides is 2. The number of anilines is 2. The molecule has 1 atom stereocenters. The van der Waals surface area contributed by atoms with Crippen LogP contribution in [0.1, 0.15) is 48.2 Å². The Kier molecular flexibility index (Phi) is 4.86. The van der Waals surface area contributed by atoms with Crippen LogP contribution in [0.15, 0.2) is 41.3 Å². The Morgan fingerprint density at radius 2 is 2.00 bits per heavy atom. The van der Waals surface area contributed by atoms with E-state index in [1.54, 1.807) is 12.1 Å². The van der Waals surface area contributed by atoms with Gasteiger partial charge in [-0.2, -0.15) is 0 Å². The smallest absolute Gasteiger partial charge is 0.255 e. The van der Waals surface area contributed by atoms with E-state index in [4.69, 9.17) is 0 Å². The molecular weight excluding hydrogens is 332 g/mol. The second-order valence-corrected chi connectivity index (χ2v) is 7.99. The molecule has 2 aromatic rings. The molecule has 2 amide bonds. The second-order valence-electron chi connectivity index (χ2n) is 6.61. The standard InChI is InChI=1S/C20H22N2O2S/c1-11(2)15-7-5-6-12(3)18(15)22-20(24)14-8-9-17-16(10-14)21-19(23)13(4)25-17/h5-11,13H,1-4H3,(H,21,23)(H,22,24). The van der Waals surface area contributed by atoms with Gasteiger partial charge in [-0.15, -0.1) is 11.8 Å². The summed E-state index contributed by atoms with van der Waals surface area (Å²) < 4.78 is 0. The lowest BCUT2D eigenvalue weighted by atomic mass is 9.98. The van der Waals surface area contributed by atoms with E-state index in [9.17, 15) is 9.59 Å². The summed E-state index contributed by atoms with van der Waals surface area (Å²) in [6.07, 6.45) is 0. The summed E-state index contributed by atoms with van der Waals surface area (Å²) in [5.74, 6) is 0.115. The maximum absolute atomic E-state index is 12.7. The van der Waals surface area contributed by atoms with E-state index in [2.05, 4.69) is 24.5 Å². The monoisotopic (exact) mass is 354 g/mol. The molecule has 0 fully saturated rings. The van der Waals surface area contributed by atoms with E-state index in [0.29, 0.717) is 17.2 Å². The molecule has 0 saturated heterocycles. The van der Waals surface area contributed by atoms with Gasteiger partial charge < -0.3 is 10.6 Å². The number of fused-ring (bicyclic) bond motifs is 1. The van der Waals surface area contributed by atoms with Crippen molar-refractivity contribution in [2.45, 2.75) is 43.8 Å². The number of nitrogens with one attached hydrogen (secondary N) is 2. The molecule has 0 radical (unpaired) electrons. The van der Waals surface area contributed by atoms with Crippen molar-refractivity contribution in [3.8, 4) is 0 Å². The van der Waals surface area contributed by atoms with Crippen molar-refractivity contribution in [2.24, 2.45) is 0 Å². The van der Waals surface area contributed by atoms with Crippen molar-refractivity contribution >= 4 is 35.0 Å². The molecular formula is C20H22N2O2S. The van der Waals surface area contributed by atoms with E-state index in [0.717, 1.165) is 21.7 Å². The summed E-state index contributed by atoms with van der Waals surface area (Å²) >= 11 is 1.51. The number of carbonyl (C=O) groups is 2. The van der Waals surface area contributed by atoms with Crippen LogP contribution >= 0.6 is 11.8 Å². The molecule has 1 aliphatic heterocycles. The highest BCUT2D eigenvalue weighted by Crippen LogP contribution is 2.36. The van der Waals surface area contributed by atoms with Gasteiger partial charge in [0.25, 0.3) is 5.91 Å². The molecule has 25 heavy (non-hydrogen) atoms. The number of thioether (sulfide) groups is 1. The first kappa shape index (κ1) is 17.5. The van der Waals surface area contributed by atoms with E-state index in [1.165, 1.54) is 11.8 Å². The summed E-state index contributed by atoms with van der Waals surface area (Å²) in [5.41, 5.74) is 4.26. The molecule has 130 valence electrons. The zero-order valence-electron chi connectivity index (χ0n) is 14.8. The lowest BCUT2D eigenvalue weighted by molar-refractivity contribution is -0.115. The van der Waals surface area contributed by atoms with Gasteiger partial charge in [0.15, 0.2) is 0 Å². The van der Waals surface area contributed by atoms with E-state index in [1.807, 2.05) is 38.1 Å². The average Bonchev–Trinajstić information content (AvgIpc) is 2.57. The van der Waals surface area contributed by atoms with E-state index < -0.39 is 0 Å². The summed E-state index contributed by atoms with van der Waals surface area (Å²) in [6, 6.07) is 11.5. The topological polar surface area (TPSA) is 58.2 Å². The third kappa shape index (κ3) is 3.56. The number of hydrogen-bond acceptors (Lipinski definition) is 3. The molecule has 0 bridgehead atoms. The molecule has 5 heteroatoms. The Morgan fingerprint density at radius 1 is 1.24 bits per heavy atom. The molecule has 1 heterocycles. The fourth-order valence-electron chi connectivity index (χ4n) is 2.88. The third-order valence-electron chi connectivity index (χ3n) is 4.34. The fourth-order valence-corrected chi connectivity index (χ4v) is 3.81. The van der Waals surface area contributed by atoms with Gasteiger partial charge in [0.2, 0.25) is 5.91 Å². The Bertz CT molecular complexity index is 846. The quantitative estimate of drug-likeness (QED) is 0.832. The maximum Gasteiger partial charge on any atom is 0.255 e. The van der Waals surface area contributed by atoms with Crippen LogP contribution in [0.2, 0.25) is 0 Å². The Hall–Kier alpha value is -2.27. The Balaban J connectivity index is 1.88. The molecule has 3 rings (SSSR count). The minimum absolute atomic E-state index is 0.0314. The minimum atomic E-state index is -0.170. The van der Waals surface area contributed by atoms with Crippen molar-refractivity contribution in [1.29, 1.82) is 0 Å². The zero-order chi connectivity index (χ0) is 18.1. The van der Waals surface area contributed by atoms with Crippen LogP contribution < -0.4 is 10.6 Å². The number of carbonyl (C=O) groups excluding carboxylic acids is 2. The number of benzene rings is 2. The van der Waals surface area contributed by atoms with Crippen LogP contribution in [0.4, 0.5) is 11.4 Å². The van der Waals surface area contributed by atoms with Gasteiger partial charge in [0.05, 0.1) is 10.9 Å². The van der Waals surface area contributed by atoms with Gasteiger partial charge in [0.1, 0.15) is 0 Å². The highest BCUT2D eigenvalue weighted by Gasteiger charge is 2.24. The maximum atomic E-state index is 12.7. The van der Waals surface area contributed by atoms with Crippen molar-refractivity contribution in [3.05, 3.63) is 53.1 Å². The first-order valence-corrected chi connectivity index (χ1v) is 9.27. The van der Waals surface area contributed by atoms with Crippen molar-refractivity contribution in [1.82, 2.24) is 0 Å². The van der Waals surface area contributed by atoms with Crippen molar-refractivity contribution < 1.29 is 9.59 Å². The molecule has 0 aliphatic carbocycles. The van der Waals surface area contributed by atoms with Gasteiger partial charge in [0, 0.05) is 16.1 Å². The summed E-state index contributed by atoms with van der Waals surface area (Å²) in [5, 5.41) is 5.80. The van der Waals surface area contributed by atoms with E-state index in [-0.39, 0.29) is 17.1 Å².